The molecule has 0 radical (unpaired) electrons. The van der Waals surface area contributed by atoms with Crippen LogP contribution in [-0.2, 0) is 0 Å². The van der Waals surface area contributed by atoms with E-state index in [9.17, 15) is 5.11 Å². The number of likely N-dealkylation sites (N-methyl/N-ethyl adjacent to an activating group) is 1. The zero-order valence-corrected chi connectivity index (χ0v) is 11.6. The van der Waals surface area contributed by atoms with Crippen LogP contribution >= 0.6 is 0 Å². The summed E-state index contributed by atoms with van der Waals surface area (Å²) in [7, 11) is 4.11. The van der Waals surface area contributed by atoms with E-state index in [2.05, 4.69) is 33.9 Å². The number of rotatable bonds is 3. The summed E-state index contributed by atoms with van der Waals surface area (Å²) >= 11 is 0. The first-order valence-corrected chi connectivity index (χ1v) is 6.37. The van der Waals surface area contributed by atoms with E-state index in [-0.39, 0.29) is 6.10 Å². The normalized spacial score (nSPS) is 24.0. The Kier molecular flexibility index (Phi) is 3.82. The van der Waals surface area contributed by atoms with Crippen molar-refractivity contribution in [2.75, 3.05) is 32.1 Å². The highest BCUT2D eigenvalue weighted by molar-refractivity contribution is 5.46. The van der Waals surface area contributed by atoms with Crippen molar-refractivity contribution in [2.24, 2.45) is 0 Å². The van der Waals surface area contributed by atoms with Crippen LogP contribution in [0.5, 0.6) is 0 Å². The molecule has 18 heavy (non-hydrogen) atoms. The minimum atomic E-state index is -0.267. The van der Waals surface area contributed by atoms with Crippen molar-refractivity contribution in [1.82, 2.24) is 14.9 Å². The summed E-state index contributed by atoms with van der Waals surface area (Å²) < 4.78 is 0. The quantitative estimate of drug-likeness (QED) is 0.851. The molecule has 0 bridgehead atoms. The molecule has 5 heteroatoms. The Morgan fingerprint density at radius 3 is 2.83 bits per heavy atom. The van der Waals surface area contributed by atoms with Gasteiger partial charge in [-0.1, -0.05) is 0 Å². The molecular weight excluding hydrogens is 228 g/mol. The summed E-state index contributed by atoms with van der Waals surface area (Å²) in [6.45, 7) is 5.49. The summed E-state index contributed by atoms with van der Waals surface area (Å²) in [6, 6.07) is 0.310. The van der Waals surface area contributed by atoms with E-state index in [1.165, 1.54) is 0 Å². The van der Waals surface area contributed by atoms with Gasteiger partial charge in [0.1, 0.15) is 0 Å². The Balaban J connectivity index is 2.26. The van der Waals surface area contributed by atoms with Gasteiger partial charge in [-0.2, -0.15) is 0 Å². The Hall–Kier alpha value is -1.20. The highest BCUT2D eigenvalue weighted by Crippen LogP contribution is 2.26. The largest absolute Gasteiger partial charge is 0.391 e. The van der Waals surface area contributed by atoms with Crippen molar-refractivity contribution in [1.29, 1.82) is 0 Å². The highest BCUT2D eigenvalue weighted by Gasteiger charge is 2.33. The maximum Gasteiger partial charge on any atom is 0.150 e. The van der Waals surface area contributed by atoms with Gasteiger partial charge in [0.2, 0.25) is 0 Å². The average molecular weight is 250 g/mol. The van der Waals surface area contributed by atoms with E-state index >= 15 is 0 Å². The van der Waals surface area contributed by atoms with E-state index in [1.807, 2.05) is 13.8 Å². The van der Waals surface area contributed by atoms with Crippen LogP contribution in [0.2, 0.25) is 0 Å². The molecule has 2 heterocycles. The van der Waals surface area contributed by atoms with Crippen molar-refractivity contribution in [3.8, 4) is 0 Å². The molecule has 1 saturated heterocycles. The number of aliphatic hydroxyl groups excluding tert-OH is 1. The number of hydrogen-bond acceptors (Lipinski definition) is 5. The van der Waals surface area contributed by atoms with E-state index in [1.54, 1.807) is 6.20 Å². The molecule has 0 amide bonds. The molecular formula is C13H22N4O. The Labute approximate surface area is 108 Å². The topological polar surface area (TPSA) is 52.5 Å². The lowest BCUT2D eigenvalue weighted by Gasteiger charge is -2.28. The molecule has 0 saturated carbocycles. The zero-order chi connectivity index (χ0) is 13.3. The van der Waals surface area contributed by atoms with Crippen LogP contribution in [0.1, 0.15) is 17.8 Å². The maximum absolute atomic E-state index is 9.90. The first-order chi connectivity index (χ1) is 8.47. The van der Waals surface area contributed by atoms with Crippen LogP contribution in [0.4, 0.5) is 5.82 Å². The standard InChI is InChI=1S/C13H22N4O/c1-9-6-14-10(2)13(15-9)17-8-12(18)5-11(17)7-16(3)4/h6,11-12,18H,5,7-8H2,1-4H3. The van der Waals surface area contributed by atoms with Gasteiger partial charge in [-0.05, 0) is 34.4 Å². The van der Waals surface area contributed by atoms with Crippen LogP contribution in [0.15, 0.2) is 6.20 Å². The minimum Gasteiger partial charge on any atom is -0.391 e. The number of β-amino-alcohol motifs (C(OH)–C–C–N with tert-alkyl or cyclic N) is 1. The fourth-order valence-electron chi connectivity index (χ4n) is 2.54. The highest BCUT2D eigenvalue weighted by atomic mass is 16.3. The number of aromatic nitrogens is 2. The maximum atomic E-state index is 9.90. The van der Waals surface area contributed by atoms with Crippen LogP contribution in [-0.4, -0.2) is 59.3 Å². The molecule has 100 valence electrons. The van der Waals surface area contributed by atoms with Gasteiger partial charge >= 0.3 is 0 Å². The van der Waals surface area contributed by atoms with Gasteiger partial charge in [-0.25, -0.2) is 4.98 Å². The van der Waals surface area contributed by atoms with E-state index in [0.29, 0.717) is 12.6 Å². The Morgan fingerprint density at radius 2 is 2.17 bits per heavy atom. The number of aryl methyl sites for hydroxylation is 2. The van der Waals surface area contributed by atoms with Gasteiger partial charge in [0.25, 0.3) is 0 Å². The van der Waals surface area contributed by atoms with Crippen molar-refractivity contribution < 1.29 is 5.11 Å². The van der Waals surface area contributed by atoms with Crippen molar-refractivity contribution in [3.05, 3.63) is 17.6 Å². The molecule has 1 aliphatic rings. The monoisotopic (exact) mass is 250 g/mol. The fourth-order valence-corrected chi connectivity index (χ4v) is 2.54. The predicted molar refractivity (Wildman–Crippen MR) is 71.8 cm³/mol. The molecule has 1 N–H and O–H groups in total. The average Bonchev–Trinajstić information content (AvgIpc) is 2.62. The van der Waals surface area contributed by atoms with Crippen LogP contribution in [0, 0.1) is 13.8 Å². The van der Waals surface area contributed by atoms with Gasteiger partial charge in [0.05, 0.1) is 17.5 Å². The third-order valence-corrected chi connectivity index (χ3v) is 3.29. The smallest absolute Gasteiger partial charge is 0.150 e. The van der Waals surface area contributed by atoms with Gasteiger partial charge in [-0.3, -0.25) is 4.98 Å². The van der Waals surface area contributed by atoms with Gasteiger partial charge in [0, 0.05) is 25.3 Å². The summed E-state index contributed by atoms with van der Waals surface area (Å²) in [5.41, 5.74) is 1.85. The van der Waals surface area contributed by atoms with Crippen molar-refractivity contribution in [2.45, 2.75) is 32.4 Å². The number of aliphatic hydroxyl groups is 1. The molecule has 0 aromatic carbocycles. The fraction of sp³-hybridized carbons (Fsp3) is 0.692. The Morgan fingerprint density at radius 1 is 1.44 bits per heavy atom. The van der Waals surface area contributed by atoms with Crippen molar-refractivity contribution >= 4 is 5.82 Å². The number of nitrogens with zero attached hydrogens (tertiary/aromatic N) is 4. The number of hydrogen-bond donors (Lipinski definition) is 1. The van der Waals surface area contributed by atoms with E-state index < -0.39 is 0 Å². The molecule has 1 aliphatic heterocycles. The first-order valence-electron chi connectivity index (χ1n) is 6.37. The molecule has 0 aliphatic carbocycles. The first kappa shape index (κ1) is 13.2. The van der Waals surface area contributed by atoms with Crippen LogP contribution < -0.4 is 4.90 Å². The van der Waals surface area contributed by atoms with Gasteiger partial charge in [-0.15, -0.1) is 0 Å². The second-order valence-electron chi connectivity index (χ2n) is 5.38. The van der Waals surface area contributed by atoms with E-state index in [0.717, 1.165) is 30.2 Å². The molecule has 1 fully saturated rings. The lowest BCUT2D eigenvalue weighted by molar-refractivity contribution is 0.191. The predicted octanol–water partition coefficient (Wildman–Crippen LogP) is 0.595. The Bertz CT molecular complexity index is 421. The SMILES string of the molecule is Cc1cnc(C)c(N2CC(O)CC2CN(C)C)n1. The van der Waals surface area contributed by atoms with Crippen LogP contribution in [0.25, 0.3) is 0 Å². The lowest BCUT2D eigenvalue weighted by Crippen LogP contribution is -2.38. The summed E-state index contributed by atoms with van der Waals surface area (Å²) in [4.78, 5) is 13.3. The summed E-state index contributed by atoms with van der Waals surface area (Å²) in [5, 5.41) is 9.90. The molecule has 2 unspecified atom stereocenters. The molecule has 1 aromatic heterocycles. The second-order valence-corrected chi connectivity index (χ2v) is 5.38. The van der Waals surface area contributed by atoms with E-state index in [4.69, 9.17) is 0 Å². The third kappa shape index (κ3) is 2.79. The third-order valence-electron chi connectivity index (χ3n) is 3.29. The summed E-state index contributed by atoms with van der Waals surface area (Å²) in [6.07, 6.45) is 2.32. The molecule has 2 atom stereocenters. The zero-order valence-electron chi connectivity index (χ0n) is 11.6. The summed E-state index contributed by atoms with van der Waals surface area (Å²) in [5.74, 6) is 0.915. The van der Waals surface area contributed by atoms with Gasteiger partial charge < -0.3 is 14.9 Å². The molecule has 0 spiro atoms. The lowest BCUT2D eigenvalue weighted by atomic mass is 10.2. The second kappa shape index (κ2) is 5.20. The molecule has 1 aromatic rings. The molecule has 5 nitrogen and oxygen atoms in total. The molecule has 2 rings (SSSR count). The van der Waals surface area contributed by atoms with Gasteiger partial charge in [0.15, 0.2) is 5.82 Å². The minimum absolute atomic E-state index is 0.267. The van der Waals surface area contributed by atoms with Crippen molar-refractivity contribution in [3.63, 3.8) is 0 Å². The number of anilines is 1. The van der Waals surface area contributed by atoms with Crippen LogP contribution in [0.3, 0.4) is 0 Å².